The Bertz CT molecular complexity index is 1330. The topological polar surface area (TPSA) is 87.9 Å². The molecular formula is C31H43N8O+. The van der Waals surface area contributed by atoms with Crippen LogP contribution in [0.5, 0.6) is 0 Å². The Morgan fingerprint density at radius 2 is 1.95 bits per heavy atom. The van der Waals surface area contributed by atoms with Gasteiger partial charge < -0.3 is 25.8 Å². The minimum Gasteiger partial charge on any atom is -0.369 e. The van der Waals surface area contributed by atoms with Crippen LogP contribution in [0, 0.1) is 4.91 Å². The summed E-state index contributed by atoms with van der Waals surface area (Å²) in [5, 5.41) is 10.2. The number of anilines is 3. The summed E-state index contributed by atoms with van der Waals surface area (Å²) in [5.74, 6) is 1.35. The minimum atomic E-state index is -0.878. The largest absolute Gasteiger partial charge is 0.369 e. The monoisotopic (exact) mass is 543 g/mol. The first kappa shape index (κ1) is 27.8. The summed E-state index contributed by atoms with van der Waals surface area (Å²) < 4.78 is 0.978. The van der Waals surface area contributed by atoms with E-state index < -0.39 is 5.66 Å². The lowest BCUT2D eigenvalue weighted by molar-refractivity contribution is -0.531. The van der Waals surface area contributed by atoms with Crippen molar-refractivity contribution >= 4 is 23.2 Å². The van der Waals surface area contributed by atoms with Gasteiger partial charge in [0.15, 0.2) is 5.66 Å². The van der Waals surface area contributed by atoms with E-state index in [1.165, 1.54) is 11.3 Å². The van der Waals surface area contributed by atoms with Crippen LogP contribution >= 0.6 is 0 Å². The molecular weight excluding hydrogens is 500 g/mol. The van der Waals surface area contributed by atoms with Crippen molar-refractivity contribution in [2.45, 2.75) is 57.7 Å². The van der Waals surface area contributed by atoms with E-state index in [-0.39, 0.29) is 18.5 Å². The Kier molecular flexibility index (Phi) is 7.68. The van der Waals surface area contributed by atoms with E-state index in [1.54, 1.807) is 6.08 Å². The first-order chi connectivity index (χ1) is 19.1. The quantitative estimate of drug-likeness (QED) is 0.334. The van der Waals surface area contributed by atoms with Gasteiger partial charge in [0, 0.05) is 58.3 Å². The molecule has 0 radical (unpaired) electrons. The summed E-state index contributed by atoms with van der Waals surface area (Å²) in [6.07, 6.45) is 5.62. The van der Waals surface area contributed by atoms with Gasteiger partial charge in [0.2, 0.25) is 19.0 Å². The molecule has 40 heavy (non-hydrogen) atoms. The number of piperazine rings is 1. The molecule has 0 bridgehead atoms. The number of nitroso groups, excluding NO2 is 1. The zero-order valence-electron chi connectivity index (χ0n) is 24.5. The Labute approximate surface area is 238 Å². The fourth-order valence-electron chi connectivity index (χ4n) is 5.73. The van der Waals surface area contributed by atoms with Crippen LogP contribution in [0.1, 0.15) is 45.4 Å². The second kappa shape index (κ2) is 11.0. The van der Waals surface area contributed by atoms with Crippen molar-refractivity contribution in [1.29, 1.82) is 0 Å². The van der Waals surface area contributed by atoms with Gasteiger partial charge in [-0.3, -0.25) is 0 Å². The number of rotatable bonds is 8. The average molecular weight is 544 g/mol. The third kappa shape index (κ3) is 5.89. The van der Waals surface area contributed by atoms with Crippen molar-refractivity contribution in [1.82, 2.24) is 15.2 Å². The van der Waals surface area contributed by atoms with Gasteiger partial charge in [-0.25, -0.2) is 9.98 Å². The maximum Gasteiger partial charge on any atom is 0.219 e. The number of aryl methyl sites for hydroxylation is 1. The molecule has 5 rings (SSSR count). The SMILES string of the molecule is C=CC[N+](=O)CC1=CNC(Nc2ccc(N3CCN(C)[C@@H](C)C3)cc2)=NC1(C)Nc1ccc2c(n1)C(C)(C)CC2. The second-order valence-electron chi connectivity index (χ2n) is 12.1. The van der Waals surface area contributed by atoms with Crippen LogP contribution < -0.4 is 20.9 Å². The number of nitrogens with zero attached hydrogens (tertiary/aromatic N) is 5. The number of guanidine groups is 1. The number of aliphatic imine (C=N–C) groups is 1. The van der Waals surface area contributed by atoms with Crippen molar-refractivity contribution in [3.63, 3.8) is 0 Å². The average Bonchev–Trinajstić information content (AvgIpc) is 3.21. The minimum absolute atomic E-state index is 0.0425. The Morgan fingerprint density at radius 3 is 2.67 bits per heavy atom. The van der Waals surface area contributed by atoms with E-state index in [0.717, 1.165) is 60.0 Å². The van der Waals surface area contributed by atoms with Gasteiger partial charge in [0.25, 0.3) is 0 Å². The molecule has 0 saturated carbocycles. The van der Waals surface area contributed by atoms with Gasteiger partial charge >= 0.3 is 0 Å². The van der Waals surface area contributed by atoms with Crippen LogP contribution in [0.25, 0.3) is 0 Å². The van der Waals surface area contributed by atoms with Crippen LogP contribution in [0.15, 0.2) is 65.8 Å². The molecule has 1 aromatic heterocycles. The van der Waals surface area contributed by atoms with Crippen molar-refractivity contribution in [3.05, 3.63) is 77.0 Å². The fourth-order valence-corrected chi connectivity index (χ4v) is 5.73. The molecule has 2 aromatic rings. The summed E-state index contributed by atoms with van der Waals surface area (Å²) in [6.45, 7) is 16.0. The highest BCUT2D eigenvalue weighted by atomic mass is 16.3. The number of likely N-dealkylation sites (N-methyl/N-ethyl adjacent to an activating group) is 1. The van der Waals surface area contributed by atoms with Crippen LogP contribution in [0.2, 0.25) is 0 Å². The molecule has 0 amide bonds. The number of fused-ring (bicyclic) bond motifs is 1. The third-order valence-electron chi connectivity index (χ3n) is 8.49. The van der Waals surface area contributed by atoms with Crippen LogP contribution in [0.4, 0.5) is 17.2 Å². The normalized spacial score (nSPS) is 23.9. The number of nitrogens with one attached hydrogen (secondary N) is 3. The van der Waals surface area contributed by atoms with E-state index in [0.29, 0.717) is 12.0 Å². The van der Waals surface area contributed by atoms with Crippen molar-refractivity contribution in [2.75, 3.05) is 55.3 Å². The lowest BCUT2D eigenvalue weighted by Gasteiger charge is -2.39. The highest BCUT2D eigenvalue weighted by molar-refractivity contribution is 5.95. The molecule has 2 atom stereocenters. The molecule has 9 nitrogen and oxygen atoms in total. The summed E-state index contributed by atoms with van der Waals surface area (Å²) in [5.41, 5.74) is 4.58. The first-order valence-corrected chi connectivity index (χ1v) is 14.3. The summed E-state index contributed by atoms with van der Waals surface area (Å²) >= 11 is 0. The summed E-state index contributed by atoms with van der Waals surface area (Å²) in [4.78, 5) is 27.4. The number of hydrogen-bond donors (Lipinski definition) is 3. The maximum absolute atomic E-state index is 12.5. The highest BCUT2D eigenvalue weighted by Gasteiger charge is 2.37. The lowest BCUT2D eigenvalue weighted by atomic mass is 9.90. The van der Waals surface area contributed by atoms with Crippen molar-refractivity contribution in [2.24, 2.45) is 4.99 Å². The van der Waals surface area contributed by atoms with Gasteiger partial charge in [-0.05, 0) is 75.7 Å². The van der Waals surface area contributed by atoms with E-state index >= 15 is 0 Å². The third-order valence-corrected chi connectivity index (χ3v) is 8.49. The number of benzene rings is 1. The van der Waals surface area contributed by atoms with Gasteiger partial charge in [0.1, 0.15) is 5.82 Å². The van der Waals surface area contributed by atoms with E-state index in [9.17, 15) is 4.91 Å². The Balaban J connectivity index is 1.36. The summed E-state index contributed by atoms with van der Waals surface area (Å²) in [7, 11) is 2.19. The van der Waals surface area contributed by atoms with Crippen molar-refractivity contribution in [3.8, 4) is 0 Å². The van der Waals surface area contributed by atoms with E-state index in [2.05, 4.69) is 90.5 Å². The molecule has 9 heteroatoms. The maximum atomic E-state index is 12.5. The molecule has 1 fully saturated rings. The van der Waals surface area contributed by atoms with Gasteiger partial charge in [-0.15, -0.1) is 0 Å². The molecule has 3 heterocycles. The fraction of sp³-hybridized carbons (Fsp3) is 0.484. The molecule has 1 aromatic carbocycles. The van der Waals surface area contributed by atoms with Crippen molar-refractivity contribution < 1.29 is 4.76 Å². The molecule has 2 aliphatic heterocycles. The number of pyridine rings is 1. The molecule has 212 valence electrons. The van der Waals surface area contributed by atoms with Gasteiger partial charge in [-0.1, -0.05) is 26.5 Å². The summed E-state index contributed by atoms with van der Waals surface area (Å²) in [6, 6.07) is 13.2. The van der Waals surface area contributed by atoms with Crippen LogP contribution in [0.3, 0.4) is 0 Å². The van der Waals surface area contributed by atoms with Crippen LogP contribution in [-0.4, -0.2) is 72.1 Å². The molecule has 3 aliphatic rings. The van der Waals surface area contributed by atoms with Crippen LogP contribution in [-0.2, 0) is 11.8 Å². The number of hydrogen-bond acceptors (Lipinski definition) is 8. The molecule has 0 spiro atoms. The highest BCUT2D eigenvalue weighted by Crippen LogP contribution is 2.38. The standard InChI is InChI=1S/C31H43N8O/c1-7-16-39(40)21-24-19-32-29(33-25-9-11-26(12-10-25)38-18-17-37(6)22(2)20-38)36-31(24,5)35-27-13-8-23-14-15-30(3,4)28(23)34-27/h7-13,19,22H,1,14-18,20-21H2,2-6H3,(H,34,35)(H2,32,33,36)/q+1/t22-,31?/m0/s1. The predicted octanol–water partition coefficient (Wildman–Crippen LogP) is 4.49. The first-order valence-electron chi connectivity index (χ1n) is 14.3. The Morgan fingerprint density at radius 1 is 1.18 bits per heavy atom. The Hall–Kier alpha value is -3.72. The van der Waals surface area contributed by atoms with E-state index in [4.69, 9.17) is 9.98 Å². The molecule has 3 N–H and O–H groups in total. The number of aromatic nitrogens is 1. The second-order valence-corrected chi connectivity index (χ2v) is 12.1. The zero-order chi connectivity index (χ0) is 28.5. The van der Waals surface area contributed by atoms with Gasteiger partial charge in [-0.2, -0.15) is 0 Å². The molecule has 1 saturated heterocycles. The van der Waals surface area contributed by atoms with E-state index in [1.807, 2.05) is 19.2 Å². The predicted molar refractivity (Wildman–Crippen MR) is 164 cm³/mol. The zero-order valence-corrected chi connectivity index (χ0v) is 24.5. The lowest BCUT2D eigenvalue weighted by Crippen LogP contribution is -2.50. The van der Waals surface area contributed by atoms with Gasteiger partial charge in [0.05, 0.1) is 11.3 Å². The molecule has 1 aliphatic carbocycles. The smallest absolute Gasteiger partial charge is 0.219 e. The molecule has 1 unspecified atom stereocenters.